The molecule has 1 aliphatic heterocycles. The Morgan fingerprint density at radius 3 is 2.75 bits per heavy atom. The van der Waals surface area contributed by atoms with Gasteiger partial charge in [-0.2, -0.15) is 0 Å². The van der Waals surface area contributed by atoms with E-state index >= 15 is 0 Å². The number of rotatable bonds is 2. The minimum absolute atomic E-state index is 0.552. The van der Waals surface area contributed by atoms with E-state index in [9.17, 15) is 0 Å². The topological polar surface area (TPSA) is 3.24 Å². The summed E-state index contributed by atoms with van der Waals surface area (Å²) in [5.74, 6) is 0. The fraction of sp³-hybridized carbons (Fsp3) is 0.429. The molecule has 2 heteroatoms. The summed E-state index contributed by atoms with van der Waals surface area (Å²) in [6.07, 6.45) is 2.31. The van der Waals surface area contributed by atoms with Crippen LogP contribution in [-0.2, 0) is 6.54 Å². The Hall–Kier alpha value is -0.760. The van der Waals surface area contributed by atoms with Crippen LogP contribution in [0.15, 0.2) is 23.9 Å². The van der Waals surface area contributed by atoms with Gasteiger partial charge in [0, 0.05) is 23.6 Å². The first-order valence-electron chi connectivity index (χ1n) is 5.75. The van der Waals surface area contributed by atoms with Gasteiger partial charge < -0.3 is 4.90 Å². The molecule has 16 heavy (non-hydrogen) atoms. The zero-order chi connectivity index (χ0) is 11.7. The summed E-state index contributed by atoms with van der Waals surface area (Å²) in [5.41, 5.74) is 5.63. The van der Waals surface area contributed by atoms with Gasteiger partial charge in [0.1, 0.15) is 0 Å². The molecule has 0 amide bonds. The number of hydrogen-bond donors (Lipinski definition) is 0. The maximum Gasteiger partial charge on any atom is 0.0438 e. The monoisotopic (exact) mass is 279 g/mol. The van der Waals surface area contributed by atoms with Gasteiger partial charge >= 0.3 is 0 Å². The van der Waals surface area contributed by atoms with Crippen molar-refractivity contribution in [3.8, 4) is 0 Å². The Morgan fingerprint density at radius 1 is 1.38 bits per heavy atom. The molecule has 0 saturated heterocycles. The highest BCUT2D eigenvalue weighted by molar-refractivity contribution is 9.09. The van der Waals surface area contributed by atoms with Crippen molar-refractivity contribution >= 4 is 22.0 Å². The molecule has 1 aromatic rings. The highest BCUT2D eigenvalue weighted by Gasteiger charge is 2.20. The summed E-state index contributed by atoms with van der Waals surface area (Å²) in [6.45, 7) is 7.74. The van der Waals surface area contributed by atoms with E-state index in [2.05, 4.69) is 65.9 Å². The van der Waals surface area contributed by atoms with Crippen molar-refractivity contribution in [3.63, 3.8) is 0 Å². The van der Waals surface area contributed by atoms with Crippen LogP contribution in [0.25, 0.3) is 6.08 Å². The first kappa shape index (κ1) is 11.7. The molecule has 1 aromatic carbocycles. The normalized spacial score (nSPS) is 15.1. The molecule has 1 heterocycles. The molecule has 0 fully saturated rings. The van der Waals surface area contributed by atoms with Gasteiger partial charge in [-0.05, 0) is 43.5 Å². The van der Waals surface area contributed by atoms with E-state index in [1.807, 2.05) is 0 Å². The lowest BCUT2D eigenvalue weighted by Crippen LogP contribution is -2.32. The van der Waals surface area contributed by atoms with E-state index in [1.54, 1.807) is 0 Å². The number of benzene rings is 1. The number of aryl methyl sites for hydroxylation is 1. The Labute approximate surface area is 106 Å². The fourth-order valence-electron chi connectivity index (χ4n) is 2.24. The number of fused-ring (bicyclic) bond motifs is 1. The van der Waals surface area contributed by atoms with Crippen LogP contribution >= 0.6 is 15.9 Å². The zero-order valence-corrected chi connectivity index (χ0v) is 11.7. The second-order valence-electron chi connectivity index (χ2n) is 4.63. The summed E-state index contributed by atoms with van der Waals surface area (Å²) in [5, 5.41) is 0.929. The quantitative estimate of drug-likeness (QED) is 0.741. The van der Waals surface area contributed by atoms with Gasteiger partial charge in [0.15, 0.2) is 0 Å². The molecule has 0 atom stereocenters. The Bertz CT molecular complexity index is 421. The Balaban J connectivity index is 2.46. The van der Waals surface area contributed by atoms with Crippen LogP contribution in [0.5, 0.6) is 0 Å². The number of hydrogen-bond acceptors (Lipinski definition) is 1. The van der Waals surface area contributed by atoms with Crippen LogP contribution in [0.3, 0.4) is 0 Å². The third kappa shape index (κ3) is 2.03. The summed E-state index contributed by atoms with van der Waals surface area (Å²) in [4.78, 5) is 2.46. The summed E-state index contributed by atoms with van der Waals surface area (Å²) in [7, 11) is 0. The molecule has 86 valence electrons. The maximum atomic E-state index is 3.58. The maximum absolute atomic E-state index is 3.58. The van der Waals surface area contributed by atoms with Crippen molar-refractivity contribution in [2.24, 2.45) is 0 Å². The van der Waals surface area contributed by atoms with E-state index in [1.165, 1.54) is 22.4 Å². The molecular formula is C14H18BrN. The lowest BCUT2D eigenvalue weighted by Gasteiger charge is -2.35. The van der Waals surface area contributed by atoms with Crippen molar-refractivity contribution in [2.75, 3.05) is 5.33 Å². The molecule has 0 aliphatic carbocycles. The summed E-state index contributed by atoms with van der Waals surface area (Å²) >= 11 is 3.58. The molecular weight excluding hydrogens is 262 g/mol. The van der Waals surface area contributed by atoms with Crippen molar-refractivity contribution in [3.05, 3.63) is 40.6 Å². The predicted octanol–water partition coefficient (Wildman–Crippen LogP) is 3.95. The first-order chi connectivity index (χ1) is 7.63. The third-order valence-electron chi connectivity index (χ3n) is 3.23. The molecule has 0 spiro atoms. The molecule has 1 nitrogen and oxygen atoms in total. The zero-order valence-electron chi connectivity index (χ0n) is 10.1. The van der Waals surface area contributed by atoms with Crippen molar-refractivity contribution in [1.82, 2.24) is 4.90 Å². The predicted molar refractivity (Wildman–Crippen MR) is 73.6 cm³/mol. The molecule has 0 unspecified atom stereocenters. The summed E-state index contributed by atoms with van der Waals surface area (Å²) < 4.78 is 0. The van der Waals surface area contributed by atoms with Crippen molar-refractivity contribution in [2.45, 2.75) is 33.4 Å². The fourth-order valence-corrected chi connectivity index (χ4v) is 2.72. The number of allylic oxidation sites excluding steroid dienone is 1. The molecule has 0 saturated carbocycles. The minimum atomic E-state index is 0.552. The van der Waals surface area contributed by atoms with Gasteiger partial charge in [0.05, 0.1) is 0 Å². The van der Waals surface area contributed by atoms with Gasteiger partial charge in [-0.25, -0.2) is 0 Å². The lowest BCUT2D eigenvalue weighted by atomic mass is 9.96. The highest BCUT2D eigenvalue weighted by Crippen LogP contribution is 2.29. The average Bonchev–Trinajstić information content (AvgIpc) is 2.27. The standard InChI is InChI=1S/C14H18BrN/c1-10(2)16-9-14-11(3)5-4-6-12(14)7-13(16)8-15/h4-7,10H,8-9H2,1-3H3. The lowest BCUT2D eigenvalue weighted by molar-refractivity contribution is 0.276. The smallest absolute Gasteiger partial charge is 0.0438 e. The van der Waals surface area contributed by atoms with Crippen LogP contribution in [0, 0.1) is 6.92 Å². The second kappa shape index (κ2) is 4.62. The number of nitrogens with zero attached hydrogens (tertiary/aromatic N) is 1. The van der Waals surface area contributed by atoms with E-state index < -0.39 is 0 Å². The van der Waals surface area contributed by atoms with E-state index in [-0.39, 0.29) is 0 Å². The molecule has 2 rings (SSSR count). The number of alkyl halides is 1. The van der Waals surface area contributed by atoms with Crippen LogP contribution < -0.4 is 0 Å². The second-order valence-corrected chi connectivity index (χ2v) is 5.19. The molecule has 0 N–H and O–H groups in total. The molecule has 1 aliphatic rings. The molecule has 0 aromatic heterocycles. The minimum Gasteiger partial charge on any atom is -0.367 e. The van der Waals surface area contributed by atoms with E-state index in [0.717, 1.165) is 11.9 Å². The van der Waals surface area contributed by atoms with Gasteiger partial charge in [0.25, 0.3) is 0 Å². The van der Waals surface area contributed by atoms with Crippen molar-refractivity contribution < 1.29 is 0 Å². The van der Waals surface area contributed by atoms with Gasteiger partial charge in [-0.15, -0.1) is 0 Å². The van der Waals surface area contributed by atoms with E-state index in [0.29, 0.717) is 6.04 Å². The van der Waals surface area contributed by atoms with Gasteiger partial charge in [-0.1, -0.05) is 34.1 Å². The average molecular weight is 280 g/mol. The van der Waals surface area contributed by atoms with Crippen LogP contribution in [0.4, 0.5) is 0 Å². The third-order valence-corrected chi connectivity index (χ3v) is 3.80. The van der Waals surface area contributed by atoms with Crippen molar-refractivity contribution in [1.29, 1.82) is 0 Å². The molecule has 0 radical (unpaired) electrons. The Morgan fingerprint density at radius 2 is 2.12 bits per heavy atom. The van der Waals surface area contributed by atoms with Crippen LogP contribution in [0.2, 0.25) is 0 Å². The number of halogens is 1. The first-order valence-corrected chi connectivity index (χ1v) is 6.87. The molecule has 0 bridgehead atoms. The summed E-state index contributed by atoms with van der Waals surface area (Å²) in [6, 6.07) is 7.10. The van der Waals surface area contributed by atoms with Crippen LogP contribution in [-0.4, -0.2) is 16.3 Å². The SMILES string of the molecule is Cc1cccc2c1CN(C(C)C)C(CBr)=C2. The highest BCUT2D eigenvalue weighted by atomic mass is 79.9. The van der Waals surface area contributed by atoms with Gasteiger partial charge in [-0.3, -0.25) is 0 Å². The Kier molecular flexibility index (Phi) is 3.38. The van der Waals surface area contributed by atoms with Gasteiger partial charge in [0.2, 0.25) is 0 Å². The van der Waals surface area contributed by atoms with E-state index in [4.69, 9.17) is 0 Å². The van der Waals surface area contributed by atoms with Crippen LogP contribution in [0.1, 0.15) is 30.5 Å². The largest absolute Gasteiger partial charge is 0.367 e.